The molecule has 0 aliphatic rings. The molecule has 1 amide bonds. The Morgan fingerprint density at radius 2 is 1.83 bits per heavy atom. The smallest absolute Gasteiger partial charge is 0.234 e. The second kappa shape index (κ2) is 9.68. The van der Waals surface area contributed by atoms with Crippen molar-refractivity contribution in [2.24, 2.45) is 0 Å². The maximum absolute atomic E-state index is 12.8. The van der Waals surface area contributed by atoms with Crippen molar-refractivity contribution in [2.45, 2.75) is 19.0 Å². The molecule has 35 heavy (non-hydrogen) atoms. The number of amides is 1. The topological polar surface area (TPSA) is 84.8 Å². The Kier molecular flexibility index (Phi) is 6.29. The predicted octanol–water partition coefficient (Wildman–Crippen LogP) is 5.77. The van der Waals surface area contributed by atoms with Gasteiger partial charge in [-0.3, -0.25) is 9.36 Å². The van der Waals surface area contributed by atoms with Crippen LogP contribution in [0.4, 0.5) is 5.69 Å². The molecule has 3 aromatic carbocycles. The number of hydrogen-bond donors (Lipinski definition) is 2. The summed E-state index contributed by atoms with van der Waals surface area (Å²) in [5.74, 6) is 1.51. The van der Waals surface area contributed by atoms with Crippen molar-refractivity contribution < 1.29 is 9.53 Å². The van der Waals surface area contributed by atoms with Crippen LogP contribution in [0.2, 0.25) is 0 Å². The van der Waals surface area contributed by atoms with Gasteiger partial charge in [-0.15, -0.1) is 10.2 Å². The van der Waals surface area contributed by atoms with Crippen LogP contribution < -0.4 is 10.1 Å². The lowest BCUT2D eigenvalue weighted by molar-refractivity contribution is -0.113. The van der Waals surface area contributed by atoms with E-state index in [1.54, 1.807) is 7.11 Å². The van der Waals surface area contributed by atoms with Crippen LogP contribution in [0.25, 0.3) is 28.0 Å². The highest BCUT2D eigenvalue weighted by atomic mass is 32.2. The molecule has 2 aromatic heterocycles. The van der Waals surface area contributed by atoms with Gasteiger partial charge < -0.3 is 15.0 Å². The molecule has 0 atom stereocenters. The minimum Gasteiger partial charge on any atom is -0.497 e. The molecule has 0 saturated carbocycles. The van der Waals surface area contributed by atoms with Gasteiger partial charge in [-0.25, -0.2) is 0 Å². The van der Waals surface area contributed by atoms with Crippen LogP contribution in [0.1, 0.15) is 11.1 Å². The number of benzene rings is 3. The number of ether oxygens (including phenoxy) is 1. The highest BCUT2D eigenvalue weighted by Crippen LogP contribution is 2.33. The summed E-state index contributed by atoms with van der Waals surface area (Å²) in [7, 11) is 1.64. The number of hydrogen-bond acceptors (Lipinski definition) is 5. The van der Waals surface area contributed by atoms with Gasteiger partial charge in [0.2, 0.25) is 5.91 Å². The second-order valence-electron chi connectivity index (χ2n) is 8.30. The molecule has 0 spiro atoms. The zero-order chi connectivity index (χ0) is 24.4. The zero-order valence-corrected chi connectivity index (χ0v) is 20.5. The standard InChI is InChI=1S/C27H25N5O2S/c1-17-11-18(2)13-19(12-17)29-25(33)16-35-27-31-30-26(23-15-28-24-10-5-4-9-22(23)24)32(27)20-7-6-8-21(14-20)34-3/h4-15,28H,16H2,1-3H3,(H,29,33). The van der Waals surface area contributed by atoms with Crippen molar-refractivity contribution in [3.05, 3.63) is 84.1 Å². The summed E-state index contributed by atoms with van der Waals surface area (Å²) in [6.07, 6.45) is 1.94. The molecule has 2 N–H and O–H groups in total. The highest BCUT2D eigenvalue weighted by molar-refractivity contribution is 7.99. The zero-order valence-electron chi connectivity index (χ0n) is 19.7. The third-order valence-corrected chi connectivity index (χ3v) is 6.54. The predicted molar refractivity (Wildman–Crippen MR) is 140 cm³/mol. The number of para-hydroxylation sites is 1. The lowest BCUT2D eigenvalue weighted by Crippen LogP contribution is -2.14. The van der Waals surface area contributed by atoms with Crippen LogP contribution in [0.3, 0.4) is 0 Å². The molecule has 5 rings (SSSR count). The third kappa shape index (κ3) is 4.79. The number of aryl methyl sites for hydroxylation is 2. The van der Waals surface area contributed by atoms with E-state index in [0.717, 1.165) is 44.7 Å². The number of fused-ring (bicyclic) bond motifs is 1. The third-order valence-electron chi connectivity index (χ3n) is 5.61. The molecule has 0 aliphatic carbocycles. The number of aromatic amines is 1. The number of nitrogens with one attached hydrogen (secondary N) is 2. The Morgan fingerprint density at radius 1 is 1.03 bits per heavy atom. The Bertz CT molecular complexity index is 1500. The molecule has 0 unspecified atom stereocenters. The molecule has 0 fully saturated rings. The average molecular weight is 484 g/mol. The van der Waals surface area contributed by atoms with Gasteiger partial charge in [0.25, 0.3) is 0 Å². The Morgan fingerprint density at radius 3 is 2.63 bits per heavy atom. The number of thioether (sulfide) groups is 1. The number of rotatable bonds is 7. The normalized spacial score (nSPS) is 11.1. The van der Waals surface area contributed by atoms with Gasteiger partial charge in [-0.2, -0.15) is 0 Å². The van der Waals surface area contributed by atoms with E-state index in [-0.39, 0.29) is 11.7 Å². The van der Waals surface area contributed by atoms with Crippen molar-refractivity contribution in [2.75, 3.05) is 18.2 Å². The number of H-pyrrole nitrogens is 1. The summed E-state index contributed by atoms with van der Waals surface area (Å²) in [5.41, 5.74) is 5.81. The van der Waals surface area contributed by atoms with Gasteiger partial charge in [0.1, 0.15) is 5.75 Å². The SMILES string of the molecule is COc1cccc(-n2c(SCC(=O)Nc3cc(C)cc(C)c3)nnc2-c2c[nH]c3ccccc23)c1. The molecule has 0 bridgehead atoms. The van der Waals surface area contributed by atoms with E-state index in [2.05, 4.69) is 32.6 Å². The van der Waals surface area contributed by atoms with Gasteiger partial charge >= 0.3 is 0 Å². The lowest BCUT2D eigenvalue weighted by Gasteiger charge is -2.12. The van der Waals surface area contributed by atoms with Gasteiger partial charge in [-0.05, 0) is 55.3 Å². The molecular formula is C27H25N5O2S. The maximum Gasteiger partial charge on any atom is 0.234 e. The van der Waals surface area contributed by atoms with E-state index >= 15 is 0 Å². The lowest BCUT2D eigenvalue weighted by atomic mass is 10.1. The summed E-state index contributed by atoms with van der Waals surface area (Å²) >= 11 is 1.34. The summed E-state index contributed by atoms with van der Waals surface area (Å²) < 4.78 is 7.41. The first-order chi connectivity index (χ1) is 17.0. The van der Waals surface area contributed by atoms with E-state index < -0.39 is 0 Å². The fourth-order valence-electron chi connectivity index (χ4n) is 4.15. The Balaban J connectivity index is 1.48. The van der Waals surface area contributed by atoms with Crippen molar-refractivity contribution in [3.63, 3.8) is 0 Å². The molecule has 176 valence electrons. The number of carbonyl (C=O) groups is 1. The Hall–Kier alpha value is -4.04. The van der Waals surface area contributed by atoms with Crippen molar-refractivity contribution in [1.82, 2.24) is 19.7 Å². The second-order valence-corrected chi connectivity index (χ2v) is 9.25. The van der Waals surface area contributed by atoms with Gasteiger partial charge in [0.15, 0.2) is 11.0 Å². The van der Waals surface area contributed by atoms with Crippen molar-refractivity contribution in [3.8, 4) is 22.8 Å². The fraction of sp³-hybridized carbons (Fsp3) is 0.148. The van der Waals surface area contributed by atoms with Crippen LogP contribution >= 0.6 is 11.8 Å². The van der Waals surface area contributed by atoms with Crippen molar-refractivity contribution >= 4 is 34.3 Å². The van der Waals surface area contributed by atoms with E-state index in [4.69, 9.17) is 4.74 Å². The molecule has 8 heteroatoms. The number of aromatic nitrogens is 4. The number of methoxy groups -OCH3 is 1. The fourth-order valence-corrected chi connectivity index (χ4v) is 4.90. The number of nitrogens with zero attached hydrogens (tertiary/aromatic N) is 3. The number of carbonyl (C=O) groups excluding carboxylic acids is 1. The molecular weight excluding hydrogens is 458 g/mol. The number of anilines is 1. The van der Waals surface area contributed by atoms with Crippen LogP contribution in [0.5, 0.6) is 5.75 Å². The first-order valence-electron chi connectivity index (χ1n) is 11.2. The maximum atomic E-state index is 12.8. The van der Waals surface area contributed by atoms with Crippen molar-refractivity contribution in [1.29, 1.82) is 0 Å². The van der Waals surface area contributed by atoms with Crippen LogP contribution in [-0.4, -0.2) is 38.5 Å². The highest BCUT2D eigenvalue weighted by Gasteiger charge is 2.20. The largest absolute Gasteiger partial charge is 0.497 e. The molecule has 5 aromatic rings. The minimum atomic E-state index is -0.103. The van der Waals surface area contributed by atoms with E-state index in [1.807, 2.05) is 79.2 Å². The van der Waals surface area contributed by atoms with Gasteiger partial charge in [0.05, 0.1) is 18.6 Å². The first-order valence-corrected chi connectivity index (χ1v) is 12.2. The van der Waals surface area contributed by atoms with Crippen LogP contribution in [0, 0.1) is 13.8 Å². The van der Waals surface area contributed by atoms with Crippen LogP contribution in [-0.2, 0) is 4.79 Å². The van der Waals surface area contributed by atoms with E-state index in [1.165, 1.54) is 11.8 Å². The summed E-state index contributed by atoms with van der Waals surface area (Å²) in [6.45, 7) is 4.03. The Labute approximate surface area is 207 Å². The van der Waals surface area contributed by atoms with Crippen LogP contribution in [0.15, 0.2) is 78.1 Å². The average Bonchev–Trinajstić information content (AvgIpc) is 3.46. The molecule has 7 nitrogen and oxygen atoms in total. The molecule has 2 heterocycles. The van der Waals surface area contributed by atoms with E-state index in [9.17, 15) is 4.79 Å². The molecule has 0 radical (unpaired) electrons. The summed E-state index contributed by atoms with van der Waals surface area (Å²) in [4.78, 5) is 16.1. The quantitative estimate of drug-likeness (QED) is 0.287. The first kappa shape index (κ1) is 22.7. The molecule has 0 aliphatic heterocycles. The molecule has 0 saturated heterocycles. The monoisotopic (exact) mass is 483 g/mol. The van der Waals surface area contributed by atoms with Gasteiger partial charge in [0, 0.05) is 34.4 Å². The van der Waals surface area contributed by atoms with E-state index in [0.29, 0.717) is 11.0 Å². The van der Waals surface area contributed by atoms with Gasteiger partial charge in [-0.1, -0.05) is 42.1 Å². The minimum absolute atomic E-state index is 0.103. The summed E-state index contributed by atoms with van der Waals surface area (Å²) in [5, 5.41) is 13.6. The summed E-state index contributed by atoms with van der Waals surface area (Å²) in [6, 6.07) is 21.8.